The van der Waals surface area contributed by atoms with Gasteiger partial charge in [0.25, 0.3) is 0 Å². The van der Waals surface area contributed by atoms with Crippen LogP contribution in [-0.4, -0.2) is 37.2 Å². The van der Waals surface area contributed by atoms with E-state index in [1.165, 1.54) is 231 Å². The van der Waals surface area contributed by atoms with Gasteiger partial charge < -0.3 is 14.2 Å². The van der Waals surface area contributed by atoms with Gasteiger partial charge in [0.05, 0.1) is 0 Å². The average Bonchev–Trinajstić information content (AvgIpc) is 3.42. The summed E-state index contributed by atoms with van der Waals surface area (Å²) in [6, 6.07) is 0. The van der Waals surface area contributed by atoms with Crippen molar-refractivity contribution in [2.75, 3.05) is 13.2 Å². The number of allylic oxidation sites excluding steroid dienone is 10. The maximum Gasteiger partial charge on any atom is 0.306 e. The van der Waals surface area contributed by atoms with E-state index < -0.39 is 6.10 Å². The molecule has 0 spiro atoms. The van der Waals surface area contributed by atoms with Crippen LogP contribution < -0.4 is 0 Å². The molecule has 0 heterocycles. The molecule has 0 radical (unpaired) electrons. The smallest absolute Gasteiger partial charge is 0.306 e. The molecule has 442 valence electrons. The number of unbranched alkanes of at least 4 members (excludes halogenated alkanes) is 40. The number of rotatable bonds is 61. The van der Waals surface area contributed by atoms with Gasteiger partial charge in [0, 0.05) is 19.3 Å². The molecule has 1 unspecified atom stereocenters. The molecule has 0 aromatic heterocycles. The van der Waals surface area contributed by atoms with Crippen LogP contribution in [0.2, 0.25) is 0 Å². The SMILES string of the molecule is CCCCCCC/C=C\C/C=C\C/C=C\CCCCCCCCCCCCC(=O)OCC(COC(=O)CCCCCCC/C=C\CCCCCCCC)OC(=O)CCCCCCCCC/C=C\CCCCCCCCC. The molecule has 0 saturated heterocycles. The fourth-order valence-corrected chi connectivity index (χ4v) is 9.68. The van der Waals surface area contributed by atoms with Crippen molar-refractivity contribution in [3.8, 4) is 0 Å². The average molecular weight is 1060 g/mol. The molecule has 0 aliphatic carbocycles. The number of hydrogen-bond acceptors (Lipinski definition) is 6. The highest BCUT2D eigenvalue weighted by molar-refractivity contribution is 5.71. The predicted octanol–water partition coefficient (Wildman–Crippen LogP) is 22.7. The Morgan fingerprint density at radius 2 is 0.474 bits per heavy atom. The minimum Gasteiger partial charge on any atom is -0.462 e. The molecule has 0 bridgehead atoms. The summed E-state index contributed by atoms with van der Waals surface area (Å²) < 4.78 is 16.9. The number of carbonyl (C=O) groups excluding carboxylic acids is 3. The highest BCUT2D eigenvalue weighted by Crippen LogP contribution is 2.16. The summed E-state index contributed by atoms with van der Waals surface area (Å²) >= 11 is 0. The molecule has 1 atom stereocenters. The molecular weight excluding hydrogens is 937 g/mol. The zero-order chi connectivity index (χ0) is 55.0. The predicted molar refractivity (Wildman–Crippen MR) is 330 cm³/mol. The van der Waals surface area contributed by atoms with Gasteiger partial charge >= 0.3 is 17.9 Å². The summed E-state index contributed by atoms with van der Waals surface area (Å²) in [5.41, 5.74) is 0. The van der Waals surface area contributed by atoms with Gasteiger partial charge in [-0.2, -0.15) is 0 Å². The third-order valence-corrected chi connectivity index (χ3v) is 14.7. The Morgan fingerprint density at radius 1 is 0.263 bits per heavy atom. The molecule has 0 N–H and O–H groups in total. The Bertz CT molecular complexity index is 1360. The number of hydrogen-bond donors (Lipinski definition) is 0. The van der Waals surface area contributed by atoms with Crippen molar-refractivity contribution in [3.05, 3.63) is 60.8 Å². The molecule has 0 aliphatic heterocycles. The summed E-state index contributed by atoms with van der Waals surface area (Å²) in [7, 11) is 0. The second kappa shape index (κ2) is 64.6. The topological polar surface area (TPSA) is 78.9 Å². The lowest BCUT2D eigenvalue weighted by Crippen LogP contribution is -2.30. The first kappa shape index (κ1) is 73.1. The van der Waals surface area contributed by atoms with Gasteiger partial charge in [-0.25, -0.2) is 0 Å². The van der Waals surface area contributed by atoms with Crippen LogP contribution >= 0.6 is 0 Å². The van der Waals surface area contributed by atoms with Crippen LogP contribution in [0.5, 0.6) is 0 Å². The number of carbonyl (C=O) groups is 3. The quantitative estimate of drug-likeness (QED) is 0.0261. The van der Waals surface area contributed by atoms with Gasteiger partial charge in [0.2, 0.25) is 0 Å². The lowest BCUT2D eigenvalue weighted by molar-refractivity contribution is -0.167. The van der Waals surface area contributed by atoms with Gasteiger partial charge in [-0.05, 0) is 109 Å². The second-order valence-corrected chi connectivity index (χ2v) is 22.4. The molecule has 0 fully saturated rings. The fraction of sp³-hybridized carbons (Fsp3) is 0.814. The molecule has 0 aromatic carbocycles. The summed E-state index contributed by atoms with van der Waals surface area (Å²) in [5, 5.41) is 0. The van der Waals surface area contributed by atoms with Gasteiger partial charge in [-0.15, -0.1) is 0 Å². The summed E-state index contributed by atoms with van der Waals surface area (Å²) in [4.78, 5) is 38.4. The zero-order valence-corrected chi connectivity index (χ0v) is 50.8. The molecule has 6 heteroatoms. The largest absolute Gasteiger partial charge is 0.462 e. The van der Waals surface area contributed by atoms with Crippen molar-refractivity contribution in [3.63, 3.8) is 0 Å². The van der Waals surface area contributed by atoms with E-state index in [4.69, 9.17) is 14.2 Å². The third kappa shape index (κ3) is 62.0. The minimum atomic E-state index is -0.782. The summed E-state index contributed by atoms with van der Waals surface area (Å²) in [6.07, 6.45) is 82.3. The Balaban J connectivity index is 4.33. The molecular formula is C70H126O6. The second-order valence-electron chi connectivity index (χ2n) is 22.4. The molecule has 0 aromatic rings. The lowest BCUT2D eigenvalue weighted by atomic mass is 10.1. The molecule has 0 aliphatic rings. The van der Waals surface area contributed by atoms with Crippen LogP contribution in [0.4, 0.5) is 0 Å². The van der Waals surface area contributed by atoms with Crippen LogP contribution in [0, 0.1) is 0 Å². The van der Waals surface area contributed by atoms with E-state index in [2.05, 4.69) is 81.5 Å². The van der Waals surface area contributed by atoms with E-state index in [-0.39, 0.29) is 31.1 Å². The Hall–Kier alpha value is -2.89. The molecule has 0 amide bonds. The maximum absolute atomic E-state index is 12.9. The van der Waals surface area contributed by atoms with E-state index in [9.17, 15) is 14.4 Å². The van der Waals surface area contributed by atoms with Gasteiger partial charge in [0.15, 0.2) is 6.10 Å². The van der Waals surface area contributed by atoms with Gasteiger partial charge in [0.1, 0.15) is 13.2 Å². The van der Waals surface area contributed by atoms with E-state index in [1.54, 1.807) is 0 Å². The maximum atomic E-state index is 12.9. The van der Waals surface area contributed by atoms with E-state index >= 15 is 0 Å². The molecule has 6 nitrogen and oxygen atoms in total. The number of esters is 3. The van der Waals surface area contributed by atoms with Crippen LogP contribution in [-0.2, 0) is 28.6 Å². The van der Waals surface area contributed by atoms with Crippen molar-refractivity contribution in [1.29, 1.82) is 0 Å². The van der Waals surface area contributed by atoms with Crippen LogP contribution in [0.25, 0.3) is 0 Å². The highest BCUT2D eigenvalue weighted by Gasteiger charge is 2.19. The van der Waals surface area contributed by atoms with Gasteiger partial charge in [-0.1, -0.05) is 281 Å². The van der Waals surface area contributed by atoms with Crippen molar-refractivity contribution in [2.24, 2.45) is 0 Å². The normalized spacial score (nSPS) is 12.4. The van der Waals surface area contributed by atoms with Crippen molar-refractivity contribution in [2.45, 2.75) is 354 Å². The summed E-state index contributed by atoms with van der Waals surface area (Å²) in [5.74, 6) is -0.877. The monoisotopic (exact) mass is 1060 g/mol. The first-order valence-electron chi connectivity index (χ1n) is 33.3. The molecule has 76 heavy (non-hydrogen) atoms. The zero-order valence-electron chi connectivity index (χ0n) is 50.8. The minimum absolute atomic E-state index is 0.0787. The molecule has 0 rings (SSSR count). The Labute approximate surface area is 472 Å². The van der Waals surface area contributed by atoms with Gasteiger partial charge in [-0.3, -0.25) is 14.4 Å². The Kier molecular flexibility index (Phi) is 62.2. The first-order chi connectivity index (χ1) is 37.5. The van der Waals surface area contributed by atoms with E-state index in [1.807, 2.05) is 0 Å². The van der Waals surface area contributed by atoms with Crippen molar-refractivity contribution >= 4 is 17.9 Å². The number of ether oxygens (including phenoxy) is 3. The first-order valence-corrected chi connectivity index (χ1v) is 33.3. The van der Waals surface area contributed by atoms with Crippen molar-refractivity contribution < 1.29 is 28.6 Å². The standard InChI is InChI=1S/C70H126O6/c1-4-7-10-13-16-19-22-25-28-30-32-33-34-35-36-37-38-40-42-45-48-51-54-57-60-63-69(72)75-66-67(65-74-68(71)62-59-56-53-50-47-44-41-27-24-21-18-15-12-9-6-3)76-70(73)64-61-58-55-52-49-46-43-39-31-29-26-23-20-17-14-11-8-5-2/h22,25,27,29-32,34-35,41,67H,4-21,23-24,26,28,33,36-40,42-66H2,1-3H3/b25-22-,31-29-,32-30-,35-34-,41-27-. The van der Waals surface area contributed by atoms with Crippen LogP contribution in [0.1, 0.15) is 348 Å². The van der Waals surface area contributed by atoms with Crippen LogP contribution in [0.15, 0.2) is 60.8 Å². The highest BCUT2D eigenvalue weighted by atomic mass is 16.6. The van der Waals surface area contributed by atoms with Crippen molar-refractivity contribution in [1.82, 2.24) is 0 Å². The van der Waals surface area contributed by atoms with E-state index in [0.717, 1.165) is 77.0 Å². The fourth-order valence-electron chi connectivity index (χ4n) is 9.68. The van der Waals surface area contributed by atoms with E-state index in [0.29, 0.717) is 19.3 Å². The summed E-state index contributed by atoms with van der Waals surface area (Å²) in [6.45, 7) is 6.65. The molecule has 0 saturated carbocycles. The third-order valence-electron chi connectivity index (χ3n) is 14.7. The van der Waals surface area contributed by atoms with Crippen LogP contribution in [0.3, 0.4) is 0 Å². The lowest BCUT2D eigenvalue weighted by Gasteiger charge is -2.18. The Morgan fingerprint density at radius 3 is 0.750 bits per heavy atom.